The molecule has 0 aromatic heterocycles. The molecule has 1 unspecified atom stereocenters. The van der Waals surface area contributed by atoms with E-state index in [1.165, 1.54) is 0 Å². The van der Waals surface area contributed by atoms with Gasteiger partial charge in [0.2, 0.25) is 0 Å². The van der Waals surface area contributed by atoms with Crippen molar-refractivity contribution in [3.05, 3.63) is 29.8 Å². The molecule has 2 saturated heterocycles. The van der Waals surface area contributed by atoms with Crippen molar-refractivity contribution in [1.29, 1.82) is 0 Å². The fourth-order valence-electron chi connectivity index (χ4n) is 3.37. The molecule has 2 aliphatic rings. The lowest BCUT2D eigenvalue weighted by Gasteiger charge is -2.37. The molecular weight excluding hydrogens is 362 g/mol. The third-order valence-corrected chi connectivity index (χ3v) is 5.95. The van der Waals surface area contributed by atoms with Gasteiger partial charge >= 0.3 is 0 Å². The van der Waals surface area contributed by atoms with Gasteiger partial charge in [-0.15, -0.1) is 0 Å². The Balaban J connectivity index is 1.48. The number of hydrogen-bond donors (Lipinski definition) is 1. The number of nitrogens with one attached hydrogen (secondary N) is 1. The molecule has 1 atom stereocenters. The van der Waals surface area contributed by atoms with Crippen LogP contribution in [0.5, 0.6) is 0 Å². The molecule has 2 amide bonds. The van der Waals surface area contributed by atoms with Gasteiger partial charge in [0.25, 0.3) is 11.8 Å². The second-order valence-corrected chi connectivity index (χ2v) is 7.90. The zero-order chi connectivity index (χ0) is 19.1. The van der Waals surface area contributed by atoms with Crippen LogP contribution in [0, 0.1) is 0 Å². The first-order valence-electron chi connectivity index (χ1n) is 9.86. The number of carbonyl (C=O) groups excluding carboxylic acids is 2. The number of carbonyl (C=O) groups is 2. The summed E-state index contributed by atoms with van der Waals surface area (Å²) in [6.45, 7) is 5.13. The first-order chi connectivity index (χ1) is 13.2. The normalized spacial score (nSPS) is 20.4. The van der Waals surface area contributed by atoms with Crippen LogP contribution in [-0.4, -0.2) is 66.3 Å². The van der Waals surface area contributed by atoms with E-state index in [-0.39, 0.29) is 17.9 Å². The van der Waals surface area contributed by atoms with Crippen molar-refractivity contribution in [2.45, 2.75) is 38.7 Å². The fourth-order valence-corrected chi connectivity index (χ4v) is 3.98. The van der Waals surface area contributed by atoms with Gasteiger partial charge in [0.05, 0.1) is 0 Å². The molecule has 1 aromatic rings. The first kappa shape index (κ1) is 20.0. The highest BCUT2D eigenvalue weighted by Crippen LogP contribution is 2.18. The van der Waals surface area contributed by atoms with Crippen LogP contribution in [0.25, 0.3) is 0 Å². The molecule has 1 aromatic carbocycles. The Morgan fingerprint density at radius 1 is 1.11 bits per heavy atom. The number of rotatable bonds is 6. The van der Waals surface area contributed by atoms with Crippen LogP contribution in [0.15, 0.2) is 24.3 Å². The lowest BCUT2D eigenvalue weighted by Crippen LogP contribution is -2.53. The first-order valence-corrected chi connectivity index (χ1v) is 10.8. The van der Waals surface area contributed by atoms with Crippen molar-refractivity contribution in [3.63, 3.8) is 0 Å². The quantitative estimate of drug-likeness (QED) is 0.597. The molecule has 3 rings (SSSR count). The van der Waals surface area contributed by atoms with E-state index in [9.17, 15) is 9.59 Å². The Morgan fingerprint density at radius 2 is 1.81 bits per heavy atom. The average molecular weight is 392 g/mol. The zero-order valence-corrected chi connectivity index (χ0v) is 16.8. The molecular formula is C20H29N3O3S. The predicted octanol–water partition coefficient (Wildman–Crippen LogP) is 3.01. The summed E-state index contributed by atoms with van der Waals surface area (Å²) in [6.07, 6.45) is 3.74. The monoisotopic (exact) mass is 391 g/mol. The van der Waals surface area contributed by atoms with Gasteiger partial charge in [-0.3, -0.25) is 9.59 Å². The van der Waals surface area contributed by atoms with Crippen LogP contribution in [0.2, 0.25) is 0 Å². The van der Waals surface area contributed by atoms with Crippen LogP contribution < -0.4 is 4.72 Å². The standard InChI is InChI=1S/C20H29N3O3S/c1-2-15-27-21-17-8-6-16(7-9-17)19(24)22-10-12-23(13-11-22)20(25)18-5-3-4-14-26-18/h6-9,18,21H,2-5,10-15H2,1H3. The van der Waals surface area contributed by atoms with Crippen molar-refractivity contribution in [1.82, 2.24) is 9.80 Å². The molecule has 1 N–H and O–H groups in total. The molecule has 0 aliphatic carbocycles. The van der Waals surface area contributed by atoms with Crippen molar-refractivity contribution >= 4 is 29.4 Å². The number of anilines is 1. The molecule has 7 heteroatoms. The highest BCUT2D eigenvalue weighted by Gasteiger charge is 2.30. The number of piperazine rings is 1. The van der Waals surface area contributed by atoms with E-state index in [2.05, 4.69) is 11.6 Å². The van der Waals surface area contributed by atoms with Gasteiger partial charge < -0.3 is 19.3 Å². The van der Waals surface area contributed by atoms with Crippen molar-refractivity contribution in [2.75, 3.05) is 43.3 Å². The highest BCUT2D eigenvalue weighted by atomic mass is 32.2. The average Bonchev–Trinajstić information content (AvgIpc) is 2.74. The van der Waals surface area contributed by atoms with Crippen LogP contribution in [-0.2, 0) is 9.53 Å². The lowest BCUT2D eigenvalue weighted by atomic mass is 10.1. The molecule has 27 heavy (non-hydrogen) atoms. The summed E-state index contributed by atoms with van der Waals surface area (Å²) in [5, 5.41) is 0. The third kappa shape index (κ3) is 5.39. The van der Waals surface area contributed by atoms with Crippen LogP contribution in [0.1, 0.15) is 43.0 Å². The van der Waals surface area contributed by atoms with Gasteiger partial charge in [-0.25, -0.2) is 0 Å². The molecule has 0 bridgehead atoms. The Hall–Kier alpha value is -1.73. The van der Waals surface area contributed by atoms with Crippen LogP contribution in [0.4, 0.5) is 5.69 Å². The minimum Gasteiger partial charge on any atom is -0.368 e. The van der Waals surface area contributed by atoms with E-state index in [1.54, 1.807) is 11.9 Å². The van der Waals surface area contributed by atoms with E-state index >= 15 is 0 Å². The largest absolute Gasteiger partial charge is 0.368 e. The summed E-state index contributed by atoms with van der Waals surface area (Å²) in [5.74, 6) is 1.17. The molecule has 2 heterocycles. The van der Waals surface area contributed by atoms with Gasteiger partial charge in [-0.2, -0.15) is 0 Å². The maximum Gasteiger partial charge on any atom is 0.253 e. The molecule has 2 fully saturated rings. The van der Waals surface area contributed by atoms with Crippen molar-refractivity contribution in [3.8, 4) is 0 Å². The van der Waals surface area contributed by atoms with E-state index in [4.69, 9.17) is 4.74 Å². The molecule has 0 spiro atoms. The molecule has 148 valence electrons. The van der Waals surface area contributed by atoms with Gasteiger partial charge in [0.15, 0.2) is 0 Å². The summed E-state index contributed by atoms with van der Waals surface area (Å²) in [7, 11) is 0. The summed E-state index contributed by atoms with van der Waals surface area (Å²) in [5.41, 5.74) is 1.70. The van der Waals surface area contributed by atoms with Gasteiger partial charge in [0.1, 0.15) is 6.10 Å². The summed E-state index contributed by atoms with van der Waals surface area (Å²) < 4.78 is 8.88. The van der Waals surface area contributed by atoms with Gasteiger partial charge in [-0.05, 0) is 49.9 Å². The minimum atomic E-state index is -0.286. The maximum atomic E-state index is 12.7. The Kier molecular flexibility index (Phi) is 7.41. The van der Waals surface area contributed by atoms with Crippen molar-refractivity contribution < 1.29 is 14.3 Å². The Bertz CT molecular complexity index is 624. The van der Waals surface area contributed by atoms with E-state index in [0.29, 0.717) is 38.3 Å². The summed E-state index contributed by atoms with van der Waals surface area (Å²) in [4.78, 5) is 28.9. The van der Waals surface area contributed by atoms with Crippen LogP contribution in [0.3, 0.4) is 0 Å². The van der Waals surface area contributed by atoms with Crippen LogP contribution >= 0.6 is 11.9 Å². The molecule has 0 saturated carbocycles. The van der Waals surface area contributed by atoms with Gasteiger partial charge in [0, 0.05) is 49.8 Å². The second kappa shape index (κ2) is 9.99. The second-order valence-electron chi connectivity index (χ2n) is 7.00. The van der Waals surface area contributed by atoms with E-state index in [1.807, 2.05) is 34.1 Å². The topological polar surface area (TPSA) is 61.9 Å². The number of hydrogen-bond acceptors (Lipinski definition) is 5. The zero-order valence-electron chi connectivity index (χ0n) is 16.0. The lowest BCUT2D eigenvalue weighted by molar-refractivity contribution is -0.147. The fraction of sp³-hybridized carbons (Fsp3) is 0.600. The predicted molar refractivity (Wildman–Crippen MR) is 109 cm³/mol. The highest BCUT2D eigenvalue weighted by molar-refractivity contribution is 8.00. The number of ether oxygens (including phenoxy) is 1. The number of nitrogens with zero attached hydrogens (tertiary/aromatic N) is 2. The minimum absolute atomic E-state index is 0.0313. The van der Waals surface area contributed by atoms with E-state index < -0.39 is 0 Å². The molecule has 2 aliphatic heterocycles. The summed E-state index contributed by atoms with van der Waals surface area (Å²) >= 11 is 1.67. The number of benzene rings is 1. The van der Waals surface area contributed by atoms with E-state index in [0.717, 1.165) is 37.1 Å². The van der Waals surface area contributed by atoms with Crippen molar-refractivity contribution in [2.24, 2.45) is 0 Å². The SMILES string of the molecule is CCCSNc1ccc(C(=O)N2CCN(C(=O)C3CCCCO3)CC2)cc1. The van der Waals surface area contributed by atoms with Gasteiger partial charge in [-0.1, -0.05) is 18.9 Å². The third-order valence-electron chi connectivity index (χ3n) is 4.96. The smallest absolute Gasteiger partial charge is 0.253 e. The Morgan fingerprint density at radius 3 is 2.44 bits per heavy atom. The number of amides is 2. The Labute approximate surface area is 165 Å². The molecule has 6 nitrogen and oxygen atoms in total. The summed E-state index contributed by atoms with van der Waals surface area (Å²) in [6, 6.07) is 7.61. The maximum absolute atomic E-state index is 12.7. The molecule has 0 radical (unpaired) electrons.